The molecular weight excluding hydrogens is 383 g/mol. The summed E-state index contributed by atoms with van der Waals surface area (Å²) in [6.45, 7) is 2.98. The maximum absolute atomic E-state index is 12.2. The summed E-state index contributed by atoms with van der Waals surface area (Å²) in [6, 6.07) is 12.5. The largest absolute Gasteiger partial charge is 0.494 e. The molecule has 0 saturated heterocycles. The van der Waals surface area contributed by atoms with Crippen LogP contribution in [0.4, 0.5) is 11.4 Å². The minimum atomic E-state index is -0.178. The average Bonchev–Trinajstić information content (AvgIpc) is 2.65. The maximum atomic E-state index is 12.2. The van der Waals surface area contributed by atoms with E-state index in [1.54, 1.807) is 18.2 Å². The molecule has 0 heterocycles. The van der Waals surface area contributed by atoms with Gasteiger partial charge in [-0.25, -0.2) is 0 Å². The van der Waals surface area contributed by atoms with Crippen molar-refractivity contribution >= 4 is 40.5 Å². The first-order valence-electron chi connectivity index (χ1n) is 9.30. The van der Waals surface area contributed by atoms with Crippen molar-refractivity contribution in [1.29, 1.82) is 0 Å². The van der Waals surface area contributed by atoms with E-state index in [-0.39, 0.29) is 12.5 Å². The van der Waals surface area contributed by atoms with Crippen molar-refractivity contribution in [1.82, 2.24) is 0 Å². The van der Waals surface area contributed by atoms with E-state index in [1.807, 2.05) is 24.3 Å². The van der Waals surface area contributed by atoms with Crippen LogP contribution in [0, 0.1) is 0 Å². The van der Waals surface area contributed by atoms with Crippen LogP contribution in [-0.4, -0.2) is 19.1 Å². The molecule has 1 amide bonds. The molecule has 0 bridgehead atoms. The van der Waals surface area contributed by atoms with Crippen LogP contribution in [0.15, 0.2) is 42.5 Å². The Labute approximate surface area is 171 Å². The van der Waals surface area contributed by atoms with Gasteiger partial charge in [-0.05, 0) is 36.8 Å². The first-order chi connectivity index (χ1) is 13.1. The average molecular weight is 409 g/mol. The zero-order valence-electron chi connectivity index (χ0n) is 15.6. The number of carbonyl (C=O) groups is 1. The summed E-state index contributed by atoms with van der Waals surface area (Å²) in [5, 5.41) is 6.91. The van der Waals surface area contributed by atoms with Crippen LogP contribution in [0.2, 0.25) is 10.0 Å². The molecule has 2 rings (SSSR count). The fraction of sp³-hybridized carbons (Fsp3) is 0.381. The van der Waals surface area contributed by atoms with Gasteiger partial charge in [-0.2, -0.15) is 0 Å². The minimum absolute atomic E-state index is 0.0859. The fourth-order valence-electron chi connectivity index (χ4n) is 2.57. The number of carbonyl (C=O) groups excluding carboxylic acids is 1. The van der Waals surface area contributed by atoms with Crippen LogP contribution >= 0.6 is 23.2 Å². The summed E-state index contributed by atoms with van der Waals surface area (Å²) < 4.78 is 5.77. The second-order valence-electron chi connectivity index (χ2n) is 6.32. The van der Waals surface area contributed by atoms with Crippen LogP contribution in [0.5, 0.6) is 5.75 Å². The molecule has 0 aliphatic carbocycles. The van der Waals surface area contributed by atoms with Crippen LogP contribution < -0.4 is 15.4 Å². The molecule has 0 radical (unpaired) electrons. The summed E-state index contributed by atoms with van der Waals surface area (Å²) in [5.41, 5.74) is 1.32. The van der Waals surface area contributed by atoms with Crippen LogP contribution in [0.1, 0.15) is 39.0 Å². The quantitative estimate of drug-likeness (QED) is 0.423. The lowest BCUT2D eigenvalue weighted by Gasteiger charge is -2.11. The topological polar surface area (TPSA) is 50.4 Å². The van der Waals surface area contributed by atoms with E-state index in [2.05, 4.69) is 17.6 Å². The maximum Gasteiger partial charge on any atom is 0.243 e. The highest BCUT2D eigenvalue weighted by atomic mass is 35.5. The van der Waals surface area contributed by atoms with Crippen LogP contribution in [-0.2, 0) is 4.79 Å². The minimum Gasteiger partial charge on any atom is -0.494 e. The van der Waals surface area contributed by atoms with Crippen molar-refractivity contribution in [3.63, 3.8) is 0 Å². The lowest BCUT2D eigenvalue weighted by molar-refractivity contribution is -0.114. The molecule has 0 aliphatic heterocycles. The highest BCUT2D eigenvalue weighted by Crippen LogP contribution is 2.25. The molecule has 27 heavy (non-hydrogen) atoms. The van der Waals surface area contributed by atoms with E-state index in [9.17, 15) is 4.79 Å². The Bertz CT molecular complexity index is 738. The van der Waals surface area contributed by atoms with Gasteiger partial charge >= 0.3 is 0 Å². The molecule has 0 aromatic heterocycles. The Morgan fingerprint density at radius 2 is 1.85 bits per heavy atom. The van der Waals surface area contributed by atoms with Crippen LogP contribution in [0.25, 0.3) is 0 Å². The highest BCUT2D eigenvalue weighted by molar-refractivity contribution is 6.35. The molecule has 0 fully saturated rings. The Morgan fingerprint density at radius 3 is 2.67 bits per heavy atom. The number of halogens is 2. The summed E-state index contributed by atoms with van der Waals surface area (Å²) in [7, 11) is 0. The fourth-order valence-corrected chi connectivity index (χ4v) is 2.93. The van der Waals surface area contributed by atoms with Gasteiger partial charge in [0.05, 0.1) is 23.9 Å². The first-order valence-corrected chi connectivity index (χ1v) is 10.1. The van der Waals surface area contributed by atoms with Crippen molar-refractivity contribution in [2.24, 2.45) is 0 Å². The van der Waals surface area contributed by atoms with Crippen LogP contribution in [0.3, 0.4) is 0 Å². The summed E-state index contributed by atoms with van der Waals surface area (Å²) >= 11 is 12.0. The number of anilines is 2. The zero-order chi connectivity index (χ0) is 19.5. The third kappa shape index (κ3) is 8.10. The van der Waals surface area contributed by atoms with E-state index in [0.717, 1.165) is 12.2 Å². The van der Waals surface area contributed by atoms with Gasteiger partial charge in [-0.1, -0.05) is 61.9 Å². The number of hydrogen-bond acceptors (Lipinski definition) is 3. The van der Waals surface area contributed by atoms with Gasteiger partial charge in [0, 0.05) is 16.8 Å². The SMILES string of the molecule is CCCCCCCOc1cccc(NC(=O)CNc2cc(Cl)ccc2Cl)c1. The van der Waals surface area contributed by atoms with E-state index >= 15 is 0 Å². The molecule has 0 unspecified atom stereocenters. The molecule has 146 valence electrons. The summed E-state index contributed by atoms with van der Waals surface area (Å²) in [4.78, 5) is 12.2. The number of nitrogens with one attached hydrogen (secondary N) is 2. The Hall–Kier alpha value is -1.91. The van der Waals surface area contributed by atoms with Gasteiger partial charge in [0.15, 0.2) is 0 Å². The lowest BCUT2D eigenvalue weighted by Crippen LogP contribution is -2.21. The van der Waals surface area contributed by atoms with Gasteiger partial charge in [0.1, 0.15) is 5.75 Å². The van der Waals surface area contributed by atoms with Gasteiger partial charge in [0.2, 0.25) is 5.91 Å². The van der Waals surface area contributed by atoms with Crippen molar-refractivity contribution < 1.29 is 9.53 Å². The number of unbranched alkanes of at least 4 members (excludes halogenated alkanes) is 4. The van der Waals surface area contributed by atoms with Gasteiger partial charge in [0.25, 0.3) is 0 Å². The predicted octanol–water partition coefficient (Wildman–Crippen LogP) is 6.39. The second kappa shape index (κ2) is 11.7. The van der Waals surface area contributed by atoms with E-state index < -0.39 is 0 Å². The normalized spacial score (nSPS) is 10.5. The molecular formula is C21H26Cl2N2O2. The third-order valence-corrected chi connectivity index (χ3v) is 4.57. The van der Waals surface area contributed by atoms with Crippen molar-refractivity contribution in [3.05, 3.63) is 52.5 Å². The van der Waals surface area contributed by atoms with Gasteiger partial charge < -0.3 is 15.4 Å². The lowest BCUT2D eigenvalue weighted by atomic mass is 10.2. The number of hydrogen-bond donors (Lipinski definition) is 2. The standard InChI is InChI=1S/C21H26Cl2N2O2/c1-2-3-4-5-6-12-27-18-9-7-8-17(14-18)25-21(26)15-24-20-13-16(22)10-11-19(20)23/h7-11,13-14,24H,2-6,12,15H2,1H3,(H,25,26). The van der Waals surface area contributed by atoms with E-state index in [0.29, 0.717) is 28.0 Å². The highest BCUT2D eigenvalue weighted by Gasteiger charge is 2.06. The Morgan fingerprint density at radius 1 is 1.04 bits per heavy atom. The molecule has 0 atom stereocenters. The van der Waals surface area contributed by atoms with Crippen molar-refractivity contribution in [2.75, 3.05) is 23.8 Å². The smallest absolute Gasteiger partial charge is 0.243 e. The molecule has 2 N–H and O–H groups in total. The molecule has 0 saturated carbocycles. The number of benzene rings is 2. The second-order valence-corrected chi connectivity index (χ2v) is 7.16. The number of amides is 1. The Balaban J connectivity index is 1.77. The van der Waals surface area contributed by atoms with E-state index in [1.165, 1.54) is 25.7 Å². The Kier molecular flexibility index (Phi) is 9.29. The van der Waals surface area contributed by atoms with Gasteiger partial charge in [-0.3, -0.25) is 4.79 Å². The third-order valence-electron chi connectivity index (χ3n) is 4.00. The predicted molar refractivity (Wildman–Crippen MR) is 114 cm³/mol. The number of ether oxygens (including phenoxy) is 1. The molecule has 2 aromatic carbocycles. The molecule has 2 aromatic rings. The van der Waals surface area contributed by atoms with Crippen molar-refractivity contribution in [3.8, 4) is 5.75 Å². The summed E-state index contributed by atoms with van der Waals surface area (Å²) in [5.74, 6) is 0.580. The monoisotopic (exact) mass is 408 g/mol. The van der Waals surface area contributed by atoms with Gasteiger partial charge in [-0.15, -0.1) is 0 Å². The first kappa shape index (κ1) is 21.4. The zero-order valence-corrected chi connectivity index (χ0v) is 17.1. The number of rotatable bonds is 11. The molecule has 4 nitrogen and oxygen atoms in total. The summed E-state index contributed by atoms with van der Waals surface area (Å²) in [6.07, 6.45) is 5.99. The van der Waals surface area contributed by atoms with E-state index in [4.69, 9.17) is 27.9 Å². The molecule has 0 spiro atoms. The van der Waals surface area contributed by atoms with Crippen molar-refractivity contribution in [2.45, 2.75) is 39.0 Å². The molecule has 0 aliphatic rings. The molecule has 6 heteroatoms.